The van der Waals surface area contributed by atoms with Crippen molar-refractivity contribution in [1.29, 1.82) is 0 Å². The fourth-order valence-corrected chi connectivity index (χ4v) is 1.36. The molecule has 2 aromatic rings. The second-order valence-corrected chi connectivity index (χ2v) is 3.54. The number of aliphatic hydroxyl groups excluding tert-OH is 1. The average Bonchev–Trinajstić information content (AvgIpc) is 2.72. The minimum absolute atomic E-state index is 0.0724. The molecule has 1 aromatic carbocycles. The first-order valence-electron chi connectivity index (χ1n) is 4.78. The quantitative estimate of drug-likeness (QED) is 0.825. The van der Waals surface area contributed by atoms with Gasteiger partial charge in [-0.3, -0.25) is 0 Å². The molecule has 1 N–H and O–H groups in total. The van der Waals surface area contributed by atoms with Crippen LogP contribution in [-0.2, 0) is 0 Å². The van der Waals surface area contributed by atoms with Gasteiger partial charge in [-0.15, -0.1) is 0 Å². The fraction of sp³-hybridized carbons (Fsp3) is 0.182. The maximum atomic E-state index is 13.4. The molecule has 0 saturated carbocycles. The number of aliphatic hydroxyl groups is 1. The Bertz CT molecular complexity index is 552. The van der Waals surface area contributed by atoms with E-state index >= 15 is 0 Å². The maximum Gasteiger partial charge on any atom is 0.168 e. The molecular formula is C11H8F3NO2. The molecule has 1 unspecified atom stereocenters. The lowest BCUT2D eigenvalue weighted by atomic mass is 10.1. The minimum atomic E-state index is -1.30. The van der Waals surface area contributed by atoms with E-state index in [1.165, 1.54) is 13.0 Å². The molecule has 17 heavy (non-hydrogen) atoms. The lowest BCUT2D eigenvalue weighted by molar-refractivity contribution is 0.158. The highest BCUT2D eigenvalue weighted by molar-refractivity contribution is 5.60. The minimum Gasteiger partial charge on any atom is -0.385 e. The Kier molecular flexibility index (Phi) is 2.89. The van der Waals surface area contributed by atoms with Crippen LogP contribution in [-0.4, -0.2) is 10.3 Å². The van der Waals surface area contributed by atoms with Crippen LogP contribution in [0, 0.1) is 17.5 Å². The third-order valence-electron chi connectivity index (χ3n) is 2.21. The summed E-state index contributed by atoms with van der Waals surface area (Å²) in [5.74, 6) is -3.34. The van der Waals surface area contributed by atoms with Crippen LogP contribution in [0.2, 0.25) is 0 Å². The SMILES string of the molecule is CC(O)c1cc(-c2cc(F)cc(F)c2F)no1. The average molecular weight is 243 g/mol. The summed E-state index contributed by atoms with van der Waals surface area (Å²) < 4.78 is 44.0. The molecule has 3 nitrogen and oxygen atoms in total. The highest BCUT2D eigenvalue weighted by Gasteiger charge is 2.17. The smallest absolute Gasteiger partial charge is 0.168 e. The van der Waals surface area contributed by atoms with Crippen LogP contribution < -0.4 is 0 Å². The Hall–Kier alpha value is -1.82. The molecule has 0 aliphatic heterocycles. The zero-order chi connectivity index (χ0) is 12.6. The summed E-state index contributed by atoms with van der Waals surface area (Å²) in [4.78, 5) is 0. The Labute approximate surface area is 94.5 Å². The third kappa shape index (κ3) is 2.16. The Morgan fingerprint density at radius 3 is 2.53 bits per heavy atom. The Morgan fingerprint density at radius 2 is 1.94 bits per heavy atom. The lowest BCUT2D eigenvalue weighted by Crippen LogP contribution is -1.92. The molecule has 6 heteroatoms. The van der Waals surface area contributed by atoms with E-state index in [-0.39, 0.29) is 17.0 Å². The van der Waals surface area contributed by atoms with Gasteiger partial charge in [-0.2, -0.15) is 0 Å². The van der Waals surface area contributed by atoms with Crippen molar-refractivity contribution in [3.8, 4) is 11.3 Å². The van der Waals surface area contributed by atoms with Gasteiger partial charge in [0.05, 0.1) is 0 Å². The van der Waals surface area contributed by atoms with Gasteiger partial charge in [-0.05, 0) is 13.0 Å². The van der Waals surface area contributed by atoms with Crippen LogP contribution in [0.4, 0.5) is 13.2 Å². The van der Waals surface area contributed by atoms with E-state index in [1.807, 2.05) is 0 Å². The van der Waals surface area contributed by atoms with Crippen LogP contribution in [0.25, 0.3) is 11.3 Å². The van der Waals surface area contributed by atoms with Crippen molar-refractivity contribution in [3.05, 3.63) is 41.4 Å². The molecule has 1 aromatic heterocycles. The van der Waals surface area contributed by atoms with Gasteiger partial charge in [0.2, 0.25) is 0 Å². The second-order valence-electron chi connectivity index (χ2n) is 3.54. The molecule has 90 valence electrons. The first-order chi connectivity index (χ1) is 7.99. The van der Waals surface area contributed by atoms with E-state index in [4.69, 9.17) is 4.52 Å². The lowest BCUT2D eigenvalue weighted by Gasteiger charge is -2.00. The maximum absolute atomic E-state index is 13.4. The molecule has 2 rings (SSSR count). The topological polar surface area (TPSA) is 46.3 Å². The summed E-state index contributed by atoms with van der Waals surface area (Å²) in [5.41, 5.74) is -0.421. The molecule has 0 saturated heterocycles. The molecule has 0 radical (unpaired) electrons. The highest BCUT2D eigenvalue weighted by atomic mass is 19.2. The van der Waals surface area contributed by atoms with Crippen molar-refractivity contribution in [2.75, 3.05) is 0 Å². The van der Waals surface area contributed by atoms with Gasteiger partial charge in [-0.1, -0.05) is 5.16 Å². The van der Waals surface area contributed by atoms with Crippen molar-refractivity contribution >= 4 is 0 Å². The second kappa shape index (κ2) is 4.21. The zero-order valence-electron chi connectivity index (χ0n) is 8.75. The number of hydrogen-bond acceptors (Lipinski definition) is 3. The van der Waals surface area contributed by atoms with Crippen molar-refractivity contribution in [2.45, 2.75) is 13.0 Å². The van der Waals surface area contributed by atoms with Crippen LogP contribution in [0.1, 0.15) is 18.8 Å². The highest BCUT2D eigenvalue weighted by Crippen LogP contribution is 2.27. The van der Waals surface area contributed by atoms with E-state index in [9.17, 15) is 18.3 Å². The summed E-state index contributed by atoms with van der Waals surface area (Å²) in [6, 6.07) is 2.47. The van der Waals surface area contributed by atoms with E-state index in [0.29, 0.717) is 6.07 Å². The van der Waals surface area contributed by atoms with Crippen molar-refractivity contribution < 1.29 is 22.8 Å². The van der Waals surface area contributed by atoms with Crippen molar-refractivity contribution in [3.63, 3.8) is 0 Å². The monoisotopic (exact) mass is 243 g/mol. The molecule has 0 bridgehead atoms. The summed E-state index contributed by atoms with van der Waals surface area (Å²) in [7, 11) is 0. The Morgan fingerprint density at radius 1 is 1.24 bits per heavy atom. The number of aromatic nitrogens is 1. The van der Waals surface area contributed by atoms with Crippen LogP contribution in [0.15, 0.2) is 22.7 Å². The first-order valence-corrected chi connectivity index (χ1v) is 4.78. The van der Waals surface area contributed by atoms with E-state index in [2.05, 4.69) is 5.16 Å². The summed E-state index contributed by atoms with van der Waals surface area (Å²) in [6.45, 7) is 1.42. The predicted octanol–water partition coefficient (Wildman–Crippen LogP) is 2.81. The molecule has 0 spiro atoms. The van der Waals surface area contributed by atoms with E-state index < -0.39 is 23.6 Å². The van der Waals surface area contributed by atoms with Crippen molar-refractivity contribution in [2.24, 2.45) is 0 Å². The van der Waals surface area contributed by atoms with E-state index in [1.54, 1.807) is 0 Å². The van der Waals surface area contributed by atoms with E-state index in [0.717, 1.165) is 6.07 Å². The molecule has 0 aliphatic carbocycles. The molecular weight excluding hydrogens is 235 g/mol. The summed E-state index contributed by atoms with van der Waals surface area (Å²) >= 11 is 0. The number of halogens is 3. The summed E-state index contributed by atoms with van der Waals surface area (Å²) in [6.07, 6.45) is -0.933. The van der Waals surface area contributed by atoms with Crippen LogP contribution >= 0.6 is 0 Å². The number of nitrogens with zero attached hydrogens (tertiary/aromatic N) is 1. The van der Waals surface area contributed by atoms with Gasteiger partial charge in [0.15, 0.2) is 17.4 Å². The van der Waals surface area contributed by atoms with Gasteiger partial charge < -0.3 is 9.63 Å². The van der Waals surface area contributed by atoms with Crippen LogP contribution in [0.3, 0.4) is 0 Å². The van der Waals surface area contributed by atoms with Gasteiger partial charge >= 0.3 is 0 Å². The molecule has 0 amide bonds. The third-order valence-corrected chi connectivity index (χ3v) is 2.21. The number of hydrogen-bond donors (Lipinski definition) is 1. The fourth-order valence-electron chi connectivity index (χ4n) is 1.36. The van der Waals surface area contributed by atoms with Gasteiger partial charge in [0, 0.05) is 17.7 Å². The normalized spacial score (nSPS) is 12.8. The molecule has 0 aliphatic rings. The zero-order valence-corrected chi connectivity index (χ0v) is 8.75. The summed E-state index contributed by atoms with van der Waals surface area (Å²) in [5, 5.41) is 12.6. The van der Waals surface area contributed by atoms with Gasteiger partial charge in [-0.25, -0.2) is 13.2 Å². The van der Waals surface area contributed by atoms with Crippen molar-refractivity contribution in [1.82, 2.24) is 5.16 Å². The molecule has 1 heterocycles. The Balaban J connectivity index is 2.52. The predicted molar refractivity (Wildman–Crippen MR) is 52.4 cm³/mol. The van der Waals surface area contributed by atoms with Gasteiger partial charge in [0.1, 0.15) is 17.6 Å². The first kappa shape index (κ1) is 11.7. The largest absolute Gasteiger partial charge is 0.385 e. The molecule has 0 fully saturated rings. The standard InChI is InChI=1S/C11H8F3NO2/c1-5(16)10-4-9(15-17-10)7-2-6(12)3-8(13)11(7)14/h2-5,16H,1H3. The van der Waals surface area contributed by atoms with Crippen LogP contribution in [0.5, 0.6) is 0 Å². The molecule has 1 atom stereocenters. The number of benzene rings is 1. The number of rotatable bonds is 2. The van der Waals surface area contributed by atoms with Gasteiger partial charge in [0.25, 0.3) is 0 Å².